The van der Waals surface area contributed by atoms with E-state index < -0.39 is 12.6 Å². The minimum absolute atomic E-state index is 0.349. The fourth-order valence-electron chi connectivity index (χ4n) is 2.15. The van der Waals surface area contributed by atoms with E-state index in [2.05, 4.69) is 29.3 Å². The molecule has 0 unspecified atom stereocenters. The molecule has 0 aliphatic carbocycles. The first-order chi connectivity index (χ1) is 11.5. The van der Waals surface area contributed by atoms with Crippen molar-refractivity contribution in [2.75, 3.05) is 6.67 Å². The van der Waals surface area contributed by atoms with Crippen LogP contribution in [-0.2, 0) is 12.3 Å². The Kier molecular flexibility index (Phi) is 6.29. The Labute approximate surface area is 139 Å². The second-order valence-corrected chi connectivity index (χ2v) is 5.44. The molecule has 0 saturated carbocycles. The molecule has 2 aromatic rings. The fourth-order valence-corrected chi connectivity index (χ4v) is 2.15. The lowest BCUT2D eigenvalue weighted by molar-refractivity contribution is -0.0280. The van der Waals surface area contributed by atoms with E-state index in [-0.39, 0.29) is 5.56 Å². The third kappa shape index (κ3) is 5.05. The standard InChI is InChI=1S/C19H19F3N2/c1-2-3-15-4-6-16(7-5-15)12-23-24-13-17-8-10-18(11-9-17)19(21,22)14-20/h4-13H,2-3,14H2,1H3/b23-12+,24-13+. The Morgan fingerprint density at radius 2 is 1.38 bits per heavy atom. The maximum atomic E-state index is 13.2. The van der Waals surface area contributed by atoms with Gasteiger partial charge in [-0.1, -0.05) is 61.9 Å². The molecular formula is C19H19F3N2. The summed E-state index contributed by atoms with van der Waals surface area (Å²) in [6, 6.07) is 13.3. The molecule has 0 amide bonds. The SMILES string of the molecule is CCCc1ccc(/C=N/N=C/c2ccc(C(F)(F)CF)cc2)cc1. The maximum absolute atomic E-state index is 13.2. The van der Waals surface area contributed by atoms with Gasteiger partial charge in [-0.3, -0.25) is 0 Å². The average molecular weight is 332 g/mol. The van der Waals surface area contributed by atoms with Gasteiger partial charge >= 0.3 is 5.92 Å². The molecule has 2 nitrogen and oxygen atoms in total. The van der Waals surface area contributed by atoms with E-state index in [0.717, 1.165) is 18.4 Å². The van der Waals surface area contributed by atoms with Crippen LogP contribution in [0.4, 0.5) is 13.2 Å². The maximum Gasteiger partial charge on any atom is 0.301 e. The van der Waals surface area contributed by atoms with Crippen molar-refractivity contribution < 1.29 is 13.2 Å². The first kappa shape index (κ1) is 17.9. The van der Waals surface area contributed by atoms with E-state index in [4.69, 9.17) is 0 Å². The van der Waals surface area contributed by atoms with Crippen molar-refractivity contribution in [2.45, 2.75) is 25.7 Å². The zero-order valence-corrected chi connectivity index (χ0v) is 13.4. The number of benzene rings is 2. The topological polar surface area (TPSA) is 24.7 Å². The number of rotatable bonds is 7. The molecule has 0 aliphatic rings. The van der Waals surface area contributed by atoms with Gasteiger partial charge in [0.1, 0.15) is 0 Å². The molecular weight excluding hydrogens is 313 g/mol. The van der Waals surface area contributed by atoms with Crippen molar-refractivity contribution >= 4 is 12.4 Å². The van der Waals surface area contributed by atoms with E-state index in [1.165, 1.54) is 36.0 Å². The van der Waals surface area contributed by atoms with Crippen LogP contribution in [0.5, 0.6) is 0 Å². The molecule has 0 atom stereocenters. The molecule has 126 valence electrons. The lowest BCUT2D eigenvalue weighted by Crippen LogP contribution is -2.15. The van der Waals surface area contributed by atoms with Crippen LogP contribution in [0.2, 0.25) is 0 Å². The zero-order valence-electron chi connectivity index (χ0n) is 13.4. The Morgan fingerprint density at radius 1 is 0.875 bits per heavy atom. The highest BCUT2D eigenvalue weighted by Crippen LogP contribution is 2.28. The third-order valence-corrected chi connectivity index (χ3v) is 3.50. The van der Waals surface area contributed by atoms with Gasteiger partial charge in [0.05, 0.1) is 12.4 Å². The van der Waals surface area contributed by atoms with Crippen molar-refractivity contribution in [3.8, 4) is 0 Å². The second-order valence-electron chi connectivity index (χ2n) is 5.44. The number of hydrogen-bond acceptors (Lipinski definition) is 2. The molecule has 2 aromatic carbocycles. The van der Waals surface area contributed by atoms with E-state index in [0.29, 0.717) is 5.56 Å². The van der Waals surface area contributed by atoms with Gasteiger partial charge < -0.3 is 0 Å². The Bertz CT molecular complexity index is 690. The van der Waals surface area contributed by atoms with Gasteiger partial charge in [0.2, 0.25) is 0 Å². The second kappa shape index (κ2) is 8.43. The first-order valence-electron chi connectivity index (χ1n) is 7.75. The minimum atomic E-state index is -3.45. The minimum Gasteiger partial charge on any atom is -0.244 e. The van der Waals surface area contributed by atoms with Gasteiger partial charge in [-0.05, 0) is 23.1 Å². The van der Waals surface area contributed by atoms with Crippen molar-refractivity contribution in [1.82, 2.24) is 0 Å². The summed E-state index contributed by atoms with van der Waals surface area (Å²) in [5.41, 5.74) is 2.48. The molecule has 0 aliphatic heterocycles. The number of alkyl halides is 3. The molecule has 0 saturated heterocycles. The number of aryl methyl sites for hydroxylation is 1. The highest BCUT2D eigenvalue weighted by molar-refractivity contribution is 5.82. The largest absolute Gasteiger partial charge is 0.301 e. The van der Waals surface area contributed by atoms with Crippen molar-refractivity contribution in [3.63, 3.8) is 0 Å². The van der Waals surface area contributed by atoms with Crippen LogP contribution in [0.1, 0.15) is 35.6 Å². The number of halogens is 3. The smallest absolute Gasteiger partial charge is 0.244 e. The summed E-state index contributed by atoms with van der Waals surface area (Å²) in [7, 11) is 0. The summed E-state index contributed by atoms with van der Waals surface area (Å²) < 4.78 is 38.6. The van der Waals surface area contributed by atoms with Gasteiger partial charge in [-0.2, -0.15) is 19.0 Å². The van der Waals surface area contributed by atoms with Crippen LogP contribution in [0.15, 0.2) is 58.7 Å². The predicted octanol–water partition coefficient (Wildman–Crippen LogP) is 5.15. The normalized spacial score (nSPS) is 12.3. The summed E-state index contributed by atoms with van der Waals surface area (Å²) >= 11 is 0. The highest BCUT2D eigenvalue weighted by Gasteiger charge is 2.31. The molecule has 0 fully saturated rings. The highest BCUT2D eigenvalue weighted by atomic mass is 19.3. The fraction of sp³-hybridized carbons (Fsp3) is 0.263. The first-order valence-corrected chi connectivity index (χ1v) is 7.75. The molecule has 0 heterocycles. The summed E-state index contributed by atoms with van der Waals surface area (Å²) in [6.45, 7) is 0.428. The summed E-state index contributed by atoms with van der Waals surface area (Å²) in [5.74, 6) is -3.45. The summed E-state index contributed by atoms with van der Waals surface area (Å²) in [4.78, 5) is 0. The van der Waals surface area contributed by atoms with Gasteiger partial charge in [0.25, 0.3) is 0 Å². The molecule has 2 rings (SSSR count). The molecule has 0 aromatic heterocycles. The molecule has 0 N–H and O–H groups in total. The number of hydrogen-bond donors (Lipinski definition) is 0. The average Bonchev–Trinajstić information content (AvgIpc) is 2.61. The van der Waals surface area contributed by atoms with Crippen LogP contribution >= 0.6 is 0 Å². The molecule has 0 spiro atoms. The van der Waals surface area contributed by atoms with Crippen molar-refractivity contribution in [1.29, 1.82) is 0 Å². The molecule has 5 heteroatoms. The van der Waals surface area contributed by atoms with Gasteiger partial charge in [-0.25, -0.2) is 4.39 Å². The van der Waals surface area contributed by atoms with Crippen LogP contribution in [0.3, 0.4) is 0 Å². The third-order valence-electron chi connectivity index (χ3n) is 3.50. The van der Waals surface area contributed by atoms with Gasteiger partial charge in [0.15, 0.2) is 6.67 Å². The van der Waals surface area contributed by atoms with E-state index in [1.54, 1.807) is 6.21 Å². The molecule has 0 radical (unpaired) electrons. The summed E-state index contributed by atoms with van der Waals surface area (Å²) in [6.07, 6.45) is 5.23. The Balaban J connectivity index is 1.96. The molecule has 24 heavy (non-hydrogen) atoms. The zero-order chi connectivity index (χ0) is 17.4. The van der Waals surface area contributed by atoms with Crippen LogP contribution in [0.25, 0.3) is 0 Å². The van der Waals surface area contributed by atoms with Gasteiger partial charge in [-0.15, -0.1) is 0 Å². The lowest BCUT2D eigenvalue weighted by Gasteiger charge is -2.11. The van der Waals surface area contributed by atoms with Crippen LogP contribution in [-0.4, -0.2) is 19.1 Å². The van der Waals surface area contributed by atoms with E-state index in [9.17, 15) is 13.2 Å². The van der Waals surface area contributed by atoms with Crippen LogP contribution < -0.4 is 0 Å². The number of nitrogens with zero attached hydrogens (tertiary/aromatic N) is 2. The van der Waals surface area contributed by atoms with Crippen molar-refractivity contribution in [2.24, 2.45) is 10.2 Å². The monoisotopic (exact) mass is 332 g/mol. The lowest BCUT2D eigenvalue weighted by atomic mass is 10.1. The van der Waals surface area contributed by atoms with Crippen molar-refractivity contribution in [3.05, 3.63) is 70.8 Å². The van der Waals surface area contributed by atoms with Crippen LogP contribution in [0, 0.1) is 0 Å². The Morgan fingerprint density at radius 3 is 1.83 bits per heavy atom. The van der Waals surface area contributed by atoms with E-state index >= 15 is 0 Å². The Hall–Kier alpha value is -2.43. The summed E-state index contributed by atoms with van der Waals surface area (Å²) in [5, 5.41) is 7.83. The van der Waals surface area contributed by atoms with E-state index in [1.807, 2.05) is 12.1 Å². The quantitative estimate of drug-likeness (QED) is 0.495. The molecule has 0 bridgehead atoms. The van der Waals surface area contributed by atoms with Gasteiger partial charge in [0, 0.05) is 5.56 Å². The predicted molar refractivity (Wildman–Crippen MR) is 91.9 cm³/mol.